The van der Waals surface area contributed by atoms with E-state index in [-0.39, 0.29) is 0 Å². The molecule has 0 spiro atoms. The highest BCUT2D eigenvalue weighted by Crippen LogP contribution is 2.18. The maximum atomic E-state index is 8.76. The van der Waals surface area contributed by atoms with E-state index in [1.165, 1.54) is 0 Å². The van der Waals surface area contributed by atoms with Crippen LogP contribution in [-0.2, 0) is 0 Å². The number of hydrogen-bond donors (Lipinski definition) is 0. The van der Waals surface area contributed by atoms with Gasteiger partial charge in [-0.1, -0.05) is 43.7 Å². The Balaban J connectivity index is 2.15. The minimum Gasteiger partial charge on any atom is -0.256 e. The first kappa shape index (κ1) is 13.0. The molecule has 0 N–H and O–H groups in total. The Hall–Kier alpha value is -2.40. The monoisotopic (exact) mass is 248 g/mol. The van der Waals surface area contributed by atoms with Gasteiger partial charge in [0.15, 0.2) is 0 Å². The first-order valence-electron chi connectivity index (χ1n) is 6.46. The maximum absolute atomic E-state index is 8.76. The van der Waals surface area contributed by atoms with Gasteiger partial charge >= 0.3 is 0 Å². The van der Waals surface area contributed by atoms with Crippen molar-refractivity contribution in [3.05, 3.63) is 59.8 Å². The van der Waals surface area contributed by atoms with Crippen molar-refractivity contribution >= 4 is 6.08 Å². The molecule has 0 saturated carbocycles. The third-order valence-electron chi connectivity index (χ3n) is 2.86. The maximum Gasteiger partial charge on any atom is 0.0991 e. The fraction of sp³-hybridized carbons (Fsp3) is 0.176. The van der Waals surface area contributed by atoms with Crippen LogP contribution in [-0.4, -0.2) is 4.98 Å². The highest BCUT2D eigenvalue weighted by Gasteiger charge is 1.99. The summed E-state index contributed by atoms with van der Waals surface area (Å²) >= 11 is 0. The number of nitrogens with zero attached hydrogens (tertiary/aromatic N) is 2. The number of hydrogen-bond acceptors (Lipinski definition) is 2. The van der Waals surface area contributed by atoms with Crippen LogP contribution in [0.1, 0.15) is 30.9 Å². The van der Waals surface area contributed by atoms with Crippen LogP contribution in [0.5, 0.6) is 0 Å². The molecule has 94 valence electrons. The van der Waals surface area contributed by atoms with Crippen LogP contribution < -0.4 is 0 Å². The number of unbranched alkanes of at least 4 members (excludes halogenated alkanes) is 1. The number of rotatable bonds is 4. The quantitative estimate of drug-likeness (QED) is 0.802. The van der Waals surface area contributed by atoms with Crippen LogP contribution in [0.25, 0.3) is 17.3 Å². The zero-order chi connectivity index (χ0) is 13.5. The molecule has 0 fully saturated rings. The lowest BCUT2D eigenvalue weighted by molar-refractivity contribution is 0.962. The average molecular weight is 248 g/mol. The summed E-state index contributed by atoms with van der Waals surface area (Å²) in [6.45, 7) is 2.16. The van der Waals surface area contributed by atoms with Gasteiger partial charge in [-0.25, -0.2) is 0 Å². The molecule has 2 heteroatoms. The largest absolute Gasteiger partial charge is 0.256 e. The van der Waals surface area contributed by atoms with Crippen molar-refractivity contribution in [3.8, 4) is 17.3 Å². The third-order valence-corrected chi connectivity index (χ3v) is 2.86. The van der Waals surface area contributed by atoms with Gasteiger partial charge in [-0.3, -0.25) is 4.98 Å². The van der Waals surface area contributed by atoms with Gasteiger partial charge in [0.1, 0.15) is 0 Å². The molecule has 0 aliphatic carbocycles. The molecule has 0 atom stereocenters. The summed E-state index contributed by atoms with van der Waals surface area (Å²) in [6.07, 6.45) is 8.39. The van der Waals surface area contributed by atoms with Gasteiger partial charge in [-0.2, -0.15) is 5.26 Å². The molecule has 0 saturated heterocycles. The number of pyridine rings is 1. The Morgan fingerprint density at radius 3 is 2.53 bits per heavy atom. The zero-order valence-corrected chi connectivity index (χ0v) is 11.0. The molecule has 1 aromatic carbocycles. The summed E-state index contributed by atoms with van der Waals surface area (Å²) in [5.41, 5.74) is 3.74. The van der Waals surface area contributed by atoms with Crippen LogP contribution in [0.2, 0.25) is 0 Å². The first-order chi connectivity index (χ1) is 9.33. The molecule has 0 unspecified atom stereocenters. The van der Waals surface area contributed by atoms with Gasteiger partial charge in [-0.05, 0) is 30.2 Å². The van der Waals surface area contributed by atoms with E-state index < -0.39 is 0 Å². The van der Waals surface area contributed by atoms with E-state index in [0.717, 1.165) is 29.7 Å². The first-order valence-corrected chi connectivity index (χ1v) is 6.46. The molecule has 0 amide bonds. The smallest absolute Gasteiger partial charge is 0.0991 e. The second kappa shape index (κ2) is 6.51. The van der Waals surface area contributed by atoms with Crippen LogP contribution in [0.15, 0.2) is 48.7 Å². The normalized spacial score (nSPS) is 10.5. The Labute approximate surface area is 114 Å². The standard InChI is InChI=1S/C17H16N2/c1-2-3-4-5-15-8-11-17(19-13-15)16-9-6-14(12-18)7-10-16/h4-11,13H,2-3H2,1H3. The van der Waals surface area contributed by atoms with Gasteiger partial charge in [0.05, 0.1) is 17.3 Å². The van der Waals surface area contributed by atoms with Crippen LogP contribution >= 0.6 is 0 Å². The van der Waals surface area contributed by atoms with Gasteiger partial charge < -0.3 is 0 Å². The summed E-state index contributed by atoms with van der Waals surface area (Å²) in [4.78, 5) is 4.45. The predicted molar refractivity (Wildman–Crippen MR) is 78.3 cm³/mol. The molecule has 0 bridgehead atoms. The molecule has 0 radical (unpaired) electrons. The van der Waals surface area contributed by atoms with Crippen molar-refractivity contribution < 1.29 is 0 Å². The van der Waals surface area contributed by atoms with Gasteiger partial charge in [-0.15, -0.1) is 0 Å². The van der Waals surface area contributed by atoms with Crippen molar-refractivity contribution in [2.75, 3.05) is 0 Å². The van der Waals surface area contributed by atoms with Gasteiger partial charge in [0.2, 0.25) is 0 Å². The number of allylic oxidation sites excluding steroid dienone is 1. The lowest BCUT2D eigenvalue weighted by atomic mass is 10.1. The van der Waals surface area contributed by atoms with Gasteiger partial charge in [0, 0.05) is 11.8 Å². The average Bonchev–Trinajstić information content (AvgIpc) is 2.48. The van der Waals surface area contributed by atoms with E-state index in [1.54, 1.807) is 0 Å². The Kier molecular flexibility index (Phi) is 4.47. The molecule has 1 aromatic heterocycles. The Bertz CT molecular complexity index is 587. The van der Waals surface area contributed by atoms with Crippen molar-refractivity contribution in [3.63, 3.8) is 0 Å². The van der Waals surface area contributed by atoms with Crippen LogP contribution in [0, 0.1) is 11.3 Å². The second-order valence-corrected chi connectivity index (χ2v) is 4.36. The topological polar surface area (TPSA) is 36.7 Å². The minimum atomic E-state index is 0.669. The summed E-state index contributed by atoms with van der Waals surface area (Å²) in [6, 6.07) is 13.7. The number of benzene rings is 1. The Morgan fingerprint density at radius 2 is 1.95 bits per heavy atom. The molecule has 0 aliphatic rings. The van der Waals surface area contributed by atoms with Crippen molar-refractivity contribution in [2.45, 2.75) is 19.8 Å². The van der Waals surface area contributed by atoms with Crippen molar-refractivity contribution in [1.29, 1.82) is 5.26 Å². The third kappa shape index (κ3) is 3.53. The zero-order valence-electron chi connectivity index (χ0n) is 11.0. The lowest BCUT2D eigenvalue weighted by Gasteiger charge is -2.01. The fourth-order valence-electron chi connectivity index (χ4n) is 1.78. The summed E-state index contributed by atoms with van der Waals surface area (Å²) in [5, 5.41) is 8.76. The van der Waals surface area contributed by atoms with Gasteiger partial charge in [0.25, 0.3) is 0 Å². The highest BCUT2D eigenvalue weighted by atomic mass is 14.7. The SMILES string of the molecule is CCCC=Cc1ccc(-c2ccc(C#N)cc2)nc1. The molecular formula is C17H16N2. The molecule has 2 nitrogen and oxygen atoms in total. The summed E-state index contributed by atoms with van der Waals surface area (Å²) in [5.74, 6) is 0. The van der Waals surface area contributed by atoms with E-state index in [2.05, 4.69) is 36.2 Å². The van der Waals surface area contributed by atoms with E-state index in [0.29, 0.717) is 5.56 Å². The summed E-state index contributed by atoms with van der Waals surface area (Å²) in [7, 11) is 0. The van der Waals surface area contributed by atoms with Crippen LogP contribution in [0.3, 0.4) is 0 Å². The van der Waals surface area contributed by atoms with E-state index in [4.69, 9.17) is 5.26 Å². The molecule has 19 heavy (non-hydrogen) atoms. The molecule has 0 aliphatic heterocycles. The molecule has 1 heterocycles. The molecule has 2 rings (SSSR count). The Morgan fingerprint density at radius 1 is 1.16 bits per heavy atom. The lowest BCUT2D eigenvalue weighted by Crippen LogP contribution is -1.84. The second-order valence-electron chi connectivity index (χ2n) is 4.36. The van der Waals surface area contributed by atoms with E-state index in [1.807, 2.05) is 36.5 Å². The molecule has 2 aromatic rings. The predicted octanol–water partition coefficient (Wildman–Crippen LogP) is 4.43. The fourth-order valence-corrected chi connectivity index (χ4v) is 1.78. The van der Waals surface area contributed by atoms with E-state index in [9.17, 15) is 0 Å². The summed E-state index contributed by atoms with van der Waals surface area (Å²) < 4.78 is 0. The van der Waals surface area contributed by atoms with Crippen LogP contribution in [0.4, 0.5) is 0 Å². The molecular weight excluding hydrogens is 232 g/mol. The number of aromatic nitrogens is 1. The van der Waals surface area contributed by atoms with Crippen molar-refractivity contribution in [1.82, 2.24) is 4.98 Å². The van der Waals surface area contributed by atoms with Crippen molar-refractivity contribution in [2.24, 2.45) is 0 Å². The number of nitriles is 1. The highest BCUT2D eigenvalue weighted by molar-refractivity contribution is 5.61. The minimum absolute atomic E-state index is 0.669. The van der Waals surface area contributed by atoms with E-state index >= 15 is 0 Å².